The minimum absolute atomic E-state index is 0.206. The highest BCUT2D eigenvalue weighted by Gasteiger charge is 2.35. The molecule has 5 nitrogen and oxygen atoms in total. The van der Waals surface area contributed by atoms with Crippen molar-refractivity contribution in [2.45, 2.75) is 31.4 Å². The molecule has 0 saturated heterocycles. The number of nitrogens with zero attached hydrogens (tertiary/aromatic N) is 2. The molecule has 0 spiro atoms. The number of anilines is 1. The molecule has 0 radical (unpaired) electrons. The van der Waals surface area contributed by atoms with E-state index in [9.17, 15) is 8.42 Å². The highest BCUT2D eigenvalue weighted by atomic mass is 32.2. The van der Waals surface area contributed by atoms with Gasteiger partial charge >= 0.3 is 0 Å². The number of hydrogen-bond acceptors (Lipinski definition) is 3. The molecule has 1 aromatic carbocycles. The van der Waals surface area contributed by atoms with E-state index in [-0.39, 0.29) is 5.25 Å². The van der Waals surface area contributed by atoms with Gasteiger partial charge in [-0.05, 0) is 37.1 Å². The lowest BCUT2D eigenvalue weighted by atomic mass is 10.3. The van der Waals surface area contributed by atoms with Crippen molar-refractivity contribution in [1.29, 1.82) is 0 Å². The Morgan fingerprint density at radius 1 is 1.30 bits per heavy atom. The number of aromatic nitrogens is 2. The highest BCUT2D eigenvalue weighted by Crippen LogP contribution is 2.29. The Kier molecular flexibility index (Phi) is 3.25. The summed E-state index contributed by atoms with van der Waals surface area (Å²) >= 11 is 0. The first-order chi connectivity index (χ1) is 9.60. The molecule has 3 rings (SSSR count). The van der Waals surface area contributed by atoms with Crippen LogP contribution in [0.3, 0.4) is 0 Å². The molecular weight excluding hydrogens is 274 g/mol. The fraction of sp³-hybridized carbons (Fsp3) is 0.357. The Balaban J connectivity index is 1.81. The average Bonchev–Trinajstić information content (AvgIpc) is 3.19. The fourth-order valence-corrected chi connectivity index (χ4v) is 3.53. The Bertz CT molecular complexity index is 700. The molecule has 1 N–H and O–H groups in total. The van der Waals surface area contributed by atoms with Crippen molar-refractivity contribution < 1.29 is 8.42 Å². The minimum atomic E-state index is -3.19. The normalized spacial score (nSPS) is 15.2. The maximum absolute atomic E-state index is 11.8. The van der Waals surface area contributed by atoms with Gasteiger partial charge in [0.2, 0.25) is 10.0 Å². The van der Waals surface area contributed by atoms with E-state index in [0.29, 0.717) is 5.69 Å². The van der Waals surface area contributed by atoms with Crippen molar-refractivity contribution in [2.24, 2.45) is 0 Å². The van der Waals surface area contributed by atoms with Crippen LogP contribution in [0.4, 0.5) is 5.69 Å². The number of benzene rings is 1. The van der Waals surface area contributed by atoms with E-state index in [4.69, 9.17) is 0 Å². The Hall–Kier alpha value is -1.82. The topological polar surface area (TPSA) is 64.0 Å². The first-order valence-electron chi connectivity index (χ1n) is 6.74. The SMILES string of the molecule is CCc1nccn1-c1ccc(NS(=O)(=O)C2CC2)cc1. The molecule has 0 aliphatic heterocycles. The minimum Gasteiger partial charge on any atom is -0.304 e. The maximum atomic E-state index is 11.8. The van der Waals surface area contributed by atoms with Crippen LogP contribution in [-0.2, 0) is 16.4 Å². The molecule has 0 amide bonds. The number of aryl methyl sites for hydroxylation is 1. The number of rotatable bonds is 5. The number of hydrogen-bond donors (Lipinski definition) is 1. The zero-order valence-electron chi connectivity index (χ0n) is 11.3. The van der Waals surface area contributed by atoms with Crippen LogP contribution in [-0.4, -0.2) is 23.2 Å². The van der Waals surface area contributed by atoms with E-state index < -0.39 is 10.0 Å². The second-order valence-corrected chi connectivity index (χ2v) is 6.92. The van der Waals surface area contributed by atoms with Crippen LogP contribution < -0.4 is 4.72 Å². The zero-order chi connectivity index (χ0) is 14.2. The molecular formula is C14H17N3O2S. The molecule has 1 heterocycles. The third kappa shape index (κ3) is 2.56. The van der Waals surface area contributed by atoms with E-state index in [1.807, 2.05) is 22.9 Å². The van der Waals surface area contributed by atoms with Gasteiger partial charge < -0.3 is 4.57 Å². The summed E-state index contributed by atoms with van der Waals surface area (Å²) in [6.07, 6.45) is 6.05. The van der Waals surface area contributed by atoms with Gasteiger partial charge in [0.1, 0.15) is 5.82 Å². The highest BCUT2D eigenvalue weighted by molar-refractivity contribution is 7.93. The van der Waals surface area contributed by atoms with Gasteiger partial charge in [-0.15, -0.1) is 0 Å². The van der Waals surface area contributed by atoms with Crippen LogP contribution in [0.15, 0.2) is 36.7 Å². The molecule has 1 aromatic heterocycles. The van der Waals surface area contributed by atoms with Crippen molar-refractivity contribution in [1.82, 2.24) is 9.55 Å². The molecule has 20 heavy (non-hydrogen) atoms. The van der Waals surface area contributed by atoms with Crippen molar-refractivity contribution in [3.8, 4) is 5.69 Å². The maximum Gasteiger partial charge on any atom is 0.235 e. The first-order valence-corrected chi connectivity index (χ1v) is 8.29. The first kappa shape index (κ1) is 13.2. The number of nitrogens with one attached hydrogen (secondary N) is 1. The molecule has 1 saturated carbocycles. The van der Waals surface area contributed by atoms with Gasteiger partial charge in [-0.3, -0.25) is 4.72 Å². The Morgan fingerprint density at radius 2 is 2.00 bits per heavy atom. The standard InChI is InChI=1S/C14H17N3O2S/c1-2-14-15-9-10-17(14)12-5-3-11(4-6-12)16-20(18,19)13-7-8-13/h3-6,9-10,13,16H,2,7-8H2,1H3. The van der Waals surface area contributed by atoms with Crippen LogP contribution in [0.5, 0.6) is 0 Å². The van der Waals surface area contributed by atoms with Crippen molar-refractivity contribution >= 4 is 15.7 Å². The monoisotopic (exact) mass is 291 g/mol. The predicted octanol–water partition coefficient (Wildman–Crippen LogP) is 2.34. The molecule has 0 unspecified atom stereocenters. The van der Waals surface area contributed by atoms with E-state index in [1.165, 1.54) is 0 Å². The van der Waals surface area contributed by atoms with Gasteiger partial charge in [-0.25, -0.2) is 13.4 Å². The quantitative estimate of drug-likeness (QED) is 0.919. The molecule has 1 fully saturated rings. The van der Waals surface area contributed by atoms with Crippen LogP contribution >= 0.6 is 0 Å². The molecule has 6 heteroatoms. The Labute approximate surface area is 118 Å². The second kappa shape index (κ2) is 4.94. The molecule has 2 aromatic rings. The van der Waals surface area contributed by atoms with Crippen LogP contribution in [0.25, 0.3) is 5.69 Å². The van der Waals surface area contributed by atoms with Crippen molar-refractivity contribution in [2.75, 3.05) is 4.72 Å². The van der Waals surface area contributed by atoms with E-state index in [2.05, 4.69) is 16.6 Å². The molecule has 0 bridgehead atoms. The lowest BCUT2D eigenvalue weighted by Crippen LogP contribution is -2.17. The molecule has 1 aliphatic carbocycles. The summed E-state index contributed by atoms with van der Waals surface area (Å²) in [6.45, 7) is 2.05. The van der Waals surface area contributed by atoms with Crippen LogP contribution in [0, 0.1) is 0 Å². The van der Waals surface area contributed by atoms with Gasteiger partial charge in [0.15, 0.2) is 0 Å². The smallest absolute Gasteiger partial charge is 0.235 e. The van der Waals surface area contributed by atoms with Gasteiger partial charge in [-0.2, -0.15) is 0 Å². The number of imidazole rings is 1. The Morgan fingerprint density at radius 3 is 2.60 bits per heavy atom. The third-order valence-electron chi connectivity index (χ3n) is 3.40. The van der Waals surface area contributed by atoms with E-state index in [0.717, 1.165) is 30.8 Å². The summed E-state index contributed by atoms with van der Waals surface area (Å²) in [4.78, 5) is 4.28. The lowest BCUT2D eigenvalue weighted by molar-refractivity contribution is 0.600. The summed E-state index contributed by atoms with van der Waals surface area (Å²) < 4.78 is 28.3. The largest absolute Gasteiger partial charge is 0.304 e. The third-order valence-corrected chi connectivity index (χ3v) is 5.27. The van der Waals surface area contributed by atoms with Gasteiger partial charge in [0.25, 0.3) is 0 Å². The van der Waals surface area contributed by atoms with E-state index in [1.54, 1.807) is 18.3 Å². The molecule has 0 atom stereocenters. The van der Waals surface area contributed by atoms with Crippen LogP contribution in [0.1, 0.15) is 25.6 Å². The lowest BCUT2D eigenvalue weighted by Gasteiger charge is -2.09. The average molecular weight is 291 g/mol. The van der Waals surface area contributed by atoms with Crippen molar-refractivity contribution in [3.05, 3.63) is 42.5 Å². The van der Waals surface area contributed by atoms with Crippen molar-refractivity contribution in [3.63, 3.8) is 0 Å². The zero-order valence-corrected chi connectivity index (χ0v) is 12.1. The van der Waals surface area contributed by atoms with Crippen LogP contribution in [0.2, 0.25) is 0 Å². The van der Waals surface area contributed by atoms with Gasteiger partial charge in [0.05, 0.1) is 5.25 Å². The molecule has 106 valence electrons. The van der Waals surface area contributed by atoms with Gasteiger partial charge in [0, 0.05) is 30.2 Å². The summed E-state index contributed by atoms with van der Waals surface area (Å²) in [5.41, 5.74) is 1.59. The summed E-state index contributed by atoms with van der Waals surface area (Å²) in [5, 5.41) is -0.206. The van der Waals surface area contributed by atoms with E-state index >= 15 is 0 Å². The van der Waals surface area contributed by atoms with Gasteiger partial charge in [-0.1, -0.05) is 6.92 Å². The number of sulfonamides is 1. The fourth-order valence-electron chi connectivity index (χ4n) is 2.15. The summed E-state index contributed by atoms with van der Waals surface area (Å²) in [7, 11) is -3.19. The molecule has 1 aliphatic rings. The summed E-state index contributed by atoms with van der Waals surface area (Å²) in [5.74, 6) is 0.983. The summed E-state index contributed by atoms with van der Waals surface area (Å²) in [6, 6.07) is 7.36. The second-order valence-electron chi connectivity index (χ2n) is 4.96. The predicted molar refractivity (Wildman–Crippen MR) is 78.5 cm³/mol.